The lowest BCUT2D eigenvalue weighted by molar-refractivity contribution is -0.184. The smallest absolute Gasteiger partial charge is 0.351 e. The van der Waals surface area contributed by atoms with Crippen LogP contribution in [0.15, 0.2) is 0 Å². The second-order valence-electron chi connectivity index (χ2n) is 1.79. The van der Waals surface area contributed by atoms with E-state index in [-0.39, 0.29) is 0 Å². The molecule has 0 aliphatic heterocycles. The monoisotopic (exact) mass is 147 g/mol. The van der Waals surface area contributed by atoms with Gasteiger partial charge in [0.1, 0.15) is 0 Å². The highest BCUT2D eigenvalue weighted by molar-refractivity contribution is 6.01. The third-order valence-corrected chi connectivity index (χ3v) is 1.19. The van der Waals surface area contributed by atoms with Crippen LogP contribution in [0, 0.1) is 0 Å². The van der Waals surface area contributed by atoms with Crippen molar-refractivity contribution in [3.05, 3.63) is 0 Å². The summed E-state index contributed by atoms with van der Waals surface area (Å²) in [5.41, 5.74) is -2.88. The molecule has 57 valence electrons. The highest BCUT2D eigenvalue weighted by atomic mass is 16.4. The minimum Gasteiger partial charge on any atom is -0.479 e. The topological polar surface area (TPSA) is 94.5 Å². The number of carboxylic acid groups (broad SMARTS) is 2. The van der Waals surface area contributed by atoms with Crippen molar-refractivity contribution in [1.29, 1.82) is 0 Å². The minimum atomic E-state index is -2.88. The summed E-state index contributed by atoms with van der Waals surface area (Å²) < 4.78 is 0. The fourth-order valence-electron chi connectivity index (χ4n) is 0.394. The number of carboxylic acids is 2. The van der Waals surface area contributed by atoms with Crippen LogP contribution in [0.4, 0.5) is 0 Å². The highest BCUT2D eigenvalue weighted by Gasteiger charge is 2.45. The Morgan fingerprint density at radius 1 is 1.30 bits per heavy atom. The van der Waals surface area contributed by atoms with Crippen molar-refractivity contribution in [3.8, 4) is 0 Å². The number of hydrogen-bond donors (Lipinski definition) is 2. The van der Waals surface area contributed by atoms with Crippen molar-refractivity contribution in [2.75, 3.05) is 0 Å². The predicted octanol–water partition coefficient (Wildman–Crippen LogP) is -0.265. The quantitative estimate of drug-likeness (QED) is 0.537. The average molecular weight is 147 g/mol. The van der Waals surface area contributed by atoms with Crippen LogP contribution in [-0.4, -0.2) is 27.8 Å². The highest BCUT2D eigenvalue weighted by Crippen LogP contribution is 2.10. The Bertz CT molecular complexity index is 147. The van der Waals surface area contributed by atoms with Crippen LogP contribution in [0.3, 0.4) is 0 Å². The van der Waals surface area contributed by atoms with E-state index in [0.717, 1.165) is 0 Å². The van der Waals surface area contributed by atoms with Crippen LogP contribution in [0.1, 0.15) is 13.3 Å². The molecule has 0 rings (SSSR count). The fourth-order valence-corrected chi connectivity index (χ4v) is 0.394. The molecule has 0 aromatic rings. The van der Waals surface area contributed by atoms with Crippen LogP contribution in [0.25, 0.3) is 0 Å². The Hall–Kier alpha value is -1.10. The van der Waals surface area contributed by atoms with E-state index in [9.17, 15) is 14.7 Å². The molecule has 0 atom stereocenters. The first kappa shape index (κ1) is 8.90. The summed E-state index contributed by atoms with van der Waals surface area (Å²) in [6.07, 6.45) is -0.461. The second kappa shape index (κ2) is 2.66. The number of rotatable bonds is 3. The van der Waals surface area contributed by atoms with Gasteiger partial charge in [0.15, 0.2) is 0 Å². The van der Waals surface area contributed by atoms with E-state index >= 15 is 0 Å². The summed E-state index contributed by atoms with van der Waals surface area (Å²) in [4.78, 5) is 20.0. The summed E-state index contributed by atoms with van der Waals surface area (Å²) in [7, 11) is 0. The molecule has 5 heteroatoms. The van der Waals surface area contributed by atoms with E-state index in [1.54, 1.807) is 0 Å². The van der Waals surface area contributed by atoms with Gasteiger partial charge in [-0.15, -0.1) is 0 Å². The molecule has 2 N–H and O–H groups in total. The molecule has 0 fully saturated rings. The normalized spacial score (nSPS) is 11.0. The largest absolute Gasteiger partial charge is 0.479 e. The van der Waals surface area contributed by atoms with Crippen molar-refractivity contribution >= 4 is 11.9 Å². The summed E-state index contributed by atoms with van der Waals surface area (Å²) >= 11 is 0. The molecule has 0 heterocycles. The Morgan fingerprint density at radius 2 is 1.60 bits per heavy atom. The molecule has 0 aromatic carbocycles. The molecule has 0 unspecified atom stereocenters. The first-order valence-electron chi connectivity index (χ1n) is 2.62. The third-order valence-electron chi connectivity index (χ3n) is 1.19. The standard InChI is InChI=1S/C5H7O5/c1-2-5(10,3(6)7)4(8)9/h2H2,1H3,(H,6,7)(H,8,9). The molecule has 5 nitrogen and oxygen atoms in total. The lowest BCUT2D eigenvalue weighted by Crippen LogP contribution is -2.44. The van der Waals surface area contributed by atoms with Gasteiger partial charge in [-0.2, -0.15) is 0 Å². The SMILES string of the molecule is CCC([O])(C(=O)O)C(=O)O. The molecule has 0 aliphatic carbocycles. The molecule has 0 bridgehead atoms. The Morgan fingerprint density at radius 3 is 1.60 bits per heavy atom. The molecule has 0 saturated carbocycles. The first-order valence-corrected chi connectivity index (χ1v) is 2.62. The van der Waals surface area contributed by atoms with Gasteiger partial charge in [0.25, 0.3) is 5.60 Å². The summed E-state index contributed by atoms with van der Waals surface area (Å²) in [5, 5.41) is 26.9. The molecular formula is C5H7O5. The lowest BCUT2D eigenvalue weighted by atomic mass is 10.0. The van der Waals surface area contributed by atoms with E-state index in [1.165, 1.54) is 6.92 Å². The summed E-state index contributed by atoms with van der Waals surface area (Å²) in [5.74, 6) is -3.69. The zero-order valence-electron chi connectivity index (χ0n) is 5.33. The molecule has 0 aromatic heterocycles. The molecular weight excluding hydrogens is 140 g/mol. The van der Waals surface area contributed by atoms with Gasteiger partial charge in [-0.3, -0.25) is 0 Å². The van der Waals surface area contributed by atoms with E-state index in [4.69, 9.17) is 10.2 Å². The zero-order chi connectivity index (χ0) is 8.36. The van der Waals surface area contributed by atoms with Crippen LogP contribution < -0.4 is 0 Å². The number of aliphatic carboxylic acids is 2. The Balaban J connectivity index is 4.55. The third kappa shape index (κ3) is 1.24. The van der Waals surface area contributed by atoms with E-state index in [1.807, 2.05) is 0 Å². The Labute approximate surface area is 56.9 Å². The van der Waals surface area contributed by atoms with Crippen LogP contribution in [0.5, 0.6) is 0 Å². The lowest BCUT2D eigenvalue weighted by Gasteiger charge is -2.11. The summed E-state index contributed by atoms with van der Waals surface area (Å²) in [6.45, 7) is 1.22. The minimum absolute atomic E-state index is 0.461. The molecule has 0 saturated heterocycles. The van der Waals surface area contributed by atoms with Gasteiger partial charge in [-0.25, -0.2) is 14.7 Å². The summed E-state index contributed by atoms with van der Waals surface area (Å²) in [6, 6.07) is 0. The predicted molar refractivity (Wildman–Crippen MR) is 29.0 cm³/mol. The Kier molecular flexibility index (Phi) is 2.36. The van der Waals surface area contributed by atoms with Crippen LogP contribution in [-0.2, 0) is 14.7 Å². The maximum atomic E-state index is 10.7. The van der Waals surface area contributed by atoms with Crippen molar-refractivity contribution in [2.45, 2.75) is 18.9 Å². The van der Waals surface area contributed by atoms with Crippen LogP contribution in [0.2, 0.25) is 0 Å². The van der Waals surface area contributed by atoms with Gasteiger partial charge in [0.05, 0.1) is 0 Å². The van der Waals surface area contributed by atoms with Crippen molar-refractivity contribution < 1.29 is 24.9 Å². The molecule has 10 heavy (non-hydrogen) atoms. The number of carbonyl (C=O) groups is 2. The first-order chi connectivity index (χ1) is 4.45. The molecule has 0 amide bonds. The van der Waals surface area contributed by atoms with Gasteiger partial charge in [0.2, 0.25) is 0 Å². The molecule has 1 radical (unpaired) electrons. The average Bonchev–Trinajstić information content (AvgIpc) is 1.85. The van der Waals surface area contributed by atoms with Crippen molar-refractivity contribution in [1.82, 2.24) is 0 Å². The van der Waals surface area contributed by atoms with E-state index < -0.39 is 24.0 Å². The van der Waals surface area contributed by atoms with E-state index in [0.29, 0.717) is 0 Å². The second-order valence-corrected chi connectivity index (χ2v) is 1.79. The van der Waals surface area contributed by atoms with Crippen molar-refractivity contribution in [2.24, 2.45) is 0 Å². The number of hydrogen-bond acceptors (Lipinski definition) is 2. The maximum Gasteiger partial charge on any atom is 0.351 e. The van der Waals surface area contributed by atoms with Crippen LogP contribution >= 0.6 is 0 Å². The fraction of sp³-hybridized carbons (Fsp3) is 0.600. The molecule has 0 aliphatic rings. The van der Waals surface area contributed by atoms with Gasteiger partial charge < -0.3 is 10.2 Å². The van der Waals surface area contributed by atoms with Gasteiger partial charge in [-0.05, 0) is 6.42 Å². The van der Waals surface area contributed by atoms with Gasteiger partial charge in [-0.1, -0.05) is 6.92 Å². The van der Waals surface area contributed by atoms with Gasteiger partial charge >= 0.3 is 11.9 Å². The zero-order valence-corrected chi connectivity index (χ0v) is 5.33. The molecule has 0 spiro atoms. The maximum absolute atomic E-state index is 10.7. The van der Waals surface area contributed by atoms with E-state index in [2.05, 4.69) is 0 Å². The van der Waals surface area contributed by atoms with Gasteiger partial charge in [0, 0.05) is 0 Å². The van der Waals surface area contributed by atoms with Crippen molar-refractivity contribution in [3.63, 3.8) is 0 Å².